The maximum Gasteiger partial charge on any atom is 0.335 e. The number of aromatic carboxylic acids is 1. The molecule has 6 heteroatoms. The molecule has 0 fully saturated rings. The summed E-state index contributed by atoms with van der Waals surface area (Å²) < 4.78 is 10.6. The van der Waals surface area contributed by atoms with Gasteiger partial charge in [-0.1, -0.05) is 0 Å². The van der Waals surface area contributed by atoms with Gasteiger partial charge in [0.05, 0.1) is 18.9 Å². The summed E-state index contributed by atoms with van der Waals surface area (Å²) in [6.45, 7) is 0. The smallest absolute Gasteiger partial charge is 0.335 e. The van der Waals surface area contributed by atoms with E-state index in [2.05, 4.69) is 4.98 Å². The molecule has 0 saturated heterocycles. The van der Waals surface area contributed by atoms with Gasteiger partial charge in [0.1, 0.15) is 17.5 Å². The Hall–Kier alpha value is -3.07. The van der Waals surface area contributed by atoms with Gasteiger partial charge in [-0.3, -0.25) is 0 Å². The topological polar surface area (TPSA) is 92.4 Å². The zero-order valence-corrected chi connectivity index (χ0v) is 10.5. The predicted octanol–water partition coefficient (Wildman–Crippen LogP) is 2.45. The summed E-state index contributed by atoms with van der Waals surface area (Å²) >= 11 is 0. The summed E-state index contributed by atoms with van der Waals surface area (Å²) in [6.07, 6.45) is 1.38. The van der Waals surface area contributed by atoms with Gasteiger partial charge in [-0.15, -0.1) is 0 Å². The second-order valence-corrected chi connectivity index (χ2v) is 3.76. The fraction of sp³-hybridized carbons (Fsp3) is 0.0714. The van der Waals surface area contributed by atoms with Gasteiger partial charge in [0.25, 0.3) is 0 Å². The molecule has 0 atom stereocenters. The summed E-state index contributed by atoms with van der Waals surface area (Å²) in [5, 5.41) is 17.6. The lowest BCUT2D eigenvalue weighted by atomic mass is 10.2. The summed E-state index contributed by atoms with van der Waals surface area (Å²) in [5.74, 6) is -0.0152. The predicted molar refractivity (Wildman–Crippen MR) is 69.0 cm³/mol. The Bertz CT molecular complexity index is 675. The van der Waals surface area contributed by atoms with E-state index in [0.29, 0.717) is 11.5 Å². The normalized spacial score (nSPS) is 9.60. The Kier molecular flexibility index (Phi) is 3.82. The Morgan fingerprint density at radius 3 is 2.65 bits per heavy atom. The van der Waals surface area contributed by atoms with E-state index in [4.69, 9.17) is 19.8 Å². The van der Waals surface area contributed by atoms with Crippen LogP contribution < -0.4 is 9.47 Å². The van der Waals surface area contributed by atoms with E-state index in [0.717, 1.165) is 0 Å². The van der Waals surface area contributed by atoms with Crippen LogP contribution in [0.15, 0.2) is 36.5 Å². The van der Waals surface area contributed by atoms with Crippen LogP contribution in [-0.4, -0.2) is 23.2 Å². The number of carbonyl (C=O) groups is 1. The molecule has 1 heterocycles. The highest BCUT2D eigenvalue weighted by molar-refractivity contribution is 5.88. The first-order valence-electron chi connectivity index (χ1n) is 5.59. The maximum atomic E-state index is 10.9. The number of carboxylic acid groups (broad SMARTS) is 1. The highest BCUT2D eigenvalue weighted by Gasteiger charge is 2.11. The first kappa shape index (κ1) is 13.4. The molecule has 0 aliphatic carbocycles. The maximum absolute atomic E-state index is 10.9. The van der Waals surface area contributed by atoms with Gasteiger partial charge < -0.3 is 14.6 Å². The average molecular weight is 270 g/mol. The van der Waals surface area contributed by atoms with Gasteiger partial charge in [-0.2, -0.15) is 5.26 Å². The number of hydrogen-bond acceptors (Lipinski definition) is 5. The van der Waals surface area contributed by atoms with E-state index in [1.54, 1.807) is 6.07 Å². The third-order valence-electron chi connectivity index (χ3n) is 2.49. The number of rotatable bonds is 4. The van der Waals surface area contributed by atoms with Crippen molar-refractivity contribution in [2.24, 2.45) is 0 Å². The van der Waals surface area contributed by atoms with Crippen molar-refractivity contribution in [3.63, 3.8) is 0 Å². The first-order valence-corrected chi connectivity index (χ1v) is 5.59. The summed E-state index contributed by atoms with van der Waals surface area (Å²) in [7, 11) is 1.46. The average Bonchev–Trinajstić information content (AvgIpc) is 2.48. The van der Waals surface area contributed by atoms with Crippen molar-refractivity contribution in [2.45, 2.75) is 0 Å². The van der Waals surface area contributed by atoms with Crippen LogP contribution >= 0.6 is 0 Å². The molecule has 0 bridgehead atoms. The van der Waals surface area contributed by atoms with Crippen LogP contribution in [0.2, 0.25) is 0 Å². The van der Waals surface area contributed by atoms with Crippen molar-refractivity contribution < 1.29 is 19.4 Å². The molecule has 0 amide bonds. The van der Waals surface area contributed by atoms with E-state index in [9.17, 15) is 4.79 Å². The Morgan fingerprint density at radius 1 is 1.30 bits per heavy atom. The highest BCUT2D eigenvalue weighted by Crippen LogP contribution is 2.32. The number of methoxy groups -OCH3 is 1. The van der Waals surface area contributed by atoms with Crippen LogP contribution in [0.5, 0.6) is 17.2 Å². The molecule has 6 nitrogen and oxygen atoms in total. The lowest BCUT2D eigenvalue weighted by Crippen LogP contribution is -1.98. The van der Waals surface area contributed by atoms with Gasteiger partial charge >= 0.3 is 5.97 Å². The molecule has 1 N–H and O–H groups in total. The van der Waals surface area contributed by atoms with Crippen molar-refractivity contribution >= 4 is 5.97 Å². The lowest BCUT2D eigenvalue weighted by Gasteiger charge is -2.10. The highest BCUT2D eigenvalue weighted by atomic mass is 16.5. The molecule has 1 aromatic carbocycles. The van der Waals surface area contributed by atoms with Gasteiger partial charge in [-0.25, -0.2) is 9.78 Å². The second-order valence-electron chi connectivity index (χ2n) is 3.76. The largest absolute Gasteiger partial charge is 0.493 e. The van der Waals surface area contributed by atoms with Crippen LogP contribution in [0.1, 0.15) is 16.1 Å². The molecule has 0 saturated carbocycles. The minimum absolute atomic E-state index is 0.0856. The Balaban J connectivity index is 2.33. The third kappa shape index (κ3) is 2.84. The van der Waals surface area contributed by atoms with Crippen molar-refractivity contribution in [1.29, 1.82) is 5.26 Å². The molecule has 0 radical (unpaired) electrons. The van der Waals surface area contributed by atoms with Crippen molar-refractivity contribution in [2.75, 3.05) is 7.11 Å². The van der Waals surface area contributed by atoms with Crippen molar-refractivity contribution in [3.8, 4) is 23.3 Å². The fourth-order valence-corrected chi connectivity index (χ4v) is 1.52. The standard InChI is InChI=1S/C14H10N2O4/c1-19-12-5-2-9(14(17)18)6-13(12)20-11-4-3-10(7-15)16-8-11/h2-6,8H,1H3,(H,17,18). The van der Waals surface area contributed by atoms with Crippen LogP contribution in [0, 0.1) is 11.3 Å². The van der Waals surface area contributed by atoms with E-state index < -0.39 is 5.97 Å². The molecule has 0 aliphatic rings. The molecular weight excluding hydrogens is 260 g/mol. The number of nitrogens with zero attached hydrogens (tertiary/aromatic N) is 2. The number of ether oxygens (including phenoxy) is 2. The zero-order valence-electron chi connectivity index (χ0n) is 10.5. The Morgan fingerprint density at radius 2 is 2.10 bits per heavy atom. The molecule has 0 spiro atoms. The van der Waals surface area contributed by atoms with Crippen molar-refractivity contribution in [3.05, 3.63) is 47.8 Å². The van der Waals surface area contributed by atoms with Crippen LogP contribution in [-0.2, 0) is 0 Å². The fourth-order valence-electron chi connectivity index (χ4n) is 1.52. The minimum atomic E-state index is -1.06. The van der Waals surface area contributed by atoms with Crippen molar-refractivity contribution in [1.82, 2.24) is 4.98 Å². The molecule has 1 aromatic heterocycles. The van der Waals surface area contributed by atoms with Crippen LogP contribution in [0.25, 0.3) is 0 Å². The number of hydrogen-bond donors (Lipinski definition) is 1. The number of pyridine rings is 1. The molecular formula is C14H10N2O4. The Labute approximate surface area is 114 Å². The number of nitriles is 1. The molecule has 2 rings (SSSR count). The molecule has 100 valence electrons. The summed E-state index contributed by atoms with van der Waals surface area (Å²) in [5.41, 5.74) is 0.353. The SMILES string of the molecule is COc1ccc(C(=O)O)cc1Oc1ccc(C#N)nc1. The molecule has 0 unspecified atom stereocenters. The quantitative estimate of drug-likeness (QED) is 0.917. The molecule has 20 heavy (non-hydrogen) atoms. The first-order chi connectivity index (χ1) is 9.63. The second kappa shape index (κ2) is 5.71. The summed E-state index contributed by atoms with van der Waals surface area (Å²) in [4.78, 5) is 14.8. The van der Waals surface area contributed by atoms with Gasteiger partial charge in [0, 0.05) is 0 Å². The number of benzene rings is 1. The van der Waals surface area contributed by atoms with E-state index >= 15 is 0 Å². The lowest BCUT2D eigenvalue weighted by molar-refractivity contribution is 0.0696. The van der Waals surface area contributed by atoms with Gasteiger partial charge in [0.2, 0.25) is 0 Å². The minimum Gasteiger partial charge on any atom is -0.493 e. The van der Waals surface area contributed by atoms with E-state index in [1.807, 2.05) is 6.07 Å². The van der Waals surface area contributed by atoms with Crippen LogP contribution in [0.4, 0.5) is 0 Å². The molecule has 2 aromatic rings. The summed E-state index contributed by atoms with van der Waals surface area (Å²) in [6, 6.07) is 9.26. The van der Waals surface area contributed by atoms with Crippen LogP contribution in [0.3, 0.4) is 0 Å². The van der Waals surface area contributed by atoms with Gasteiger partial charge in [-0.05, 0) is 30.3 Å². The zero-order chi connectivity index (χ0) is 14.5. The van der Waals surface area contributed by atoms with Gasteiger partial charge in [0.15, 0.2) is 11.5 Å². The van der Waals surface area contributed by atoms with E-state index in [-0.39, 0.29) is 17.0 Å². The van der Waals surface area contributed by atoms with E-state index in [1.165, 1.54) is 37.6 Å². The third-order valence-corrected chi connectivity index (χ3v) is 2.49. The number of aromatic nitrogens is 1. The number of carboxylic acids is 1. The molecule has 0 aliphatic heterocycles. The monoisotopic (exact) mass is 270 g/mol.